The zero-order valence-electron chi connectivity index (χ0n) is 26.0. The summed E-state index contributed by atoms with van der Waals surface area (Å²) in [7, 11) is 6.37. The number of hydrogen-bond donors (Lipinski definition) is 0. The summed E-state index contributed by atoms with van der Waals surface area (Å²) in [5.41, 5.74) is 0. The molecule has 0 aromatic rings. The van der Waals surface area contributed by atoms with Gasteiger partial charge < -0.3 is 28.4 Å². The van der Waals surface area contributed by atoms with E-state index in [4.69, 9.17) is 28.4 Å². The Bertz CT molecular complexity index is 452. The summed E-state index contributed by atoms with van der Waals surface area (Å²) in [6.07, 6.45) is 21.1. The first-order valence-electron chi connectivity index (χ1n) is 15.0. The minimum absolute atomic E-state index is 0.205. The lowest BCUT2D eigenvalue weighted by molar-refractivity contribution is -0.391. The second-order valence-corrected chi connectivity index (χ2v) is 9.64. The van der Waals surface area contributed by atoms with Gasteiger partial charge in [-0.2, -0.15) is 0 Å². The summed E-state index contributed by atoms with van der Waals surface area (Å²) in [6.45, 7) is 13.8. The van der Waals surface area contributed by atoms with Gasteiger partial charge in [0.1, 0.15) is 6.10 Å². The zero-order valence-corrected chi connectivity index (χ0v) is 26.0. The van der Waals surface area contributed by atoms with Crippen LogP contribution >= 0.6 is 0 Å². The van der Waals surface area contributed by atoms with Gasteiger partial charge in [-0.25, -0.2) is 0 Å². The fraction of sp³-hybridized carbons (Fsp3) is 0.935. The molecule has 0 saturated carbocycles. The third kappa shape index (κ3) is 18.4. The van der Waals surface area contributed by atoms with E-state index in [0.29, 0.717) is 13.2 Å². The van der Waals surface area contributed by atoms with Gasteiger partial charge in [-0.15, -0.1) is 6.58 Å². The van der Waals surface area contributed by atoms with E-state index in [1.807, 2.05) is 19.9 Å². The van der Waals surface area contributed by atoms with Gasteiger partial charge in [0, 0.05) is 54.5 Å². The molecule has 0 aliphatic carbocycles. The summed E-state index contributed by atoms with van der Waals surface area (Å²) in [6, 6.07) is 0. The molecule has 0 saturated heterocycles. The van der Waals surface area contributed by atoms with Crippen LogP contribution in [0.3, 0.4) is 0 Å². The lowest BCUT2D eigenvalue weighted by atomic mass is 10.0. The number of ether oxygens (including phenoxy) is 6. The van der Waals surface area contributed by atoms with Gasteiger partial charge in [0.25, 0.3) is 0 Å². The van der Waals surface area contributed by atoms with Crippen molar-refractivity contribution < 1.29 is 28.4 Å². The highest BCUT2D eigenvalue weighted by Gasteiger charge is 2.40. The average molecular weight is 533 g/mol. The van der Waals surface area contributed by atoms with Crippen molar-refractivity contribution in [3.63, 3.8) is 0 Å². The van der Waals surface area contributed by atoms with Crippen LogP contribution in [0.5, 0.6) is 0 Å². The average Bonchev–Trinajstić information content (AvgIpc) is 2.91. The van der Waals surface area contributed by atoms with Gasteiger partial charge >= 0.3 is 5.97 Å². The maximum Gasteiger partial charge on any atom is 0.310 e. The van der Waals surface area contributed by atoms with Crippen molar-refractivity contribution in [1.29, 1.82) is 0 Å². The maximum absolute atomic E-state index is 5.86. The smallest absolute Gasteiger partial charge is 0.310 e. The Morgan fingerprint density at radius 1 is 0.622 bits per heavy atom. The highest BCUT2D eigenvalue weighted by Crippen LogP contribution is 2.27. The molecule has 6 heteroatoms. The highest BCUT2D eigenvalue weighted by molar-refractivity contribution is 4.81. The van der Waals surface area contributed by atoms with Crippen LogP contribution in [0.2, 0.25) is 0 Å². The van der Waals surface area contributed by atoms with Crippen LogP contribution in [-0.4, -0.2) is 59.5 Å². The summed E-state index contributed by atoms with van der Waals surface area (Å²) in [4.78, 5) is 0. The first-order valence-corrected chi connectivity index (χ1v) is 15.0. The van der Waals surface area contributed by atoms with E-state index in [1.54, 1.807) is 28.4 Å². The monoisotopic (exact) mass is 532 g/mol. The van der Waals surface area contributed by atoms with Crippen molar-refractivity contribution in [3.8, 4) is 0 Å². The molecule has 0 heterocycles. The van der Waals surface area contributed by atoms with Crippen LogP contribution in [0.1, 0.15) is 130 Å². The Morgan fingerprint density at radius 3 is 1.43 bits per heavy atom. The third-order valence-electron chi connectivity index (χ3n) is 6.78. The molecule has 6 nitrogen and oxygen atoms in total. The van der Waals surface area contributed by atoms with Gasteiger partial charge in [0.05, 0.1) is 0 Å². The summed E-state index contributed by atoms with van der Waals surface area (Å²) in [5, 5.41) is 0. The van der Waals surface area contributed by atoms with Crippen molar-refractivity contribution in [2.75, 3.05) is 41.7 Å². The van der Waals surface area contributed by atoms with E-state index in [0.717, 1.165) is 25.7 Å². The second-order valence-electron chi connectivity index (χ2n) is 9.64. The molecule has 37 heavy (non-hydrogen) atoms. The van der Waals surface area contributed by atoms with Crippen molar-refractivity contribution in [3.05, 3.63) is 12.7 Å². The third-order valence-corrected chi connectivity index (χ3v) is 6.78. The van der Waals surface area contributed by atoms with E-state index >= 15 is 0 Å². The van der Waals surface area contributed by atoms with Gasteiger partial charge in [0.2, 0.25) is 0 Å². The van der Waals surface area contributed by atoms with E-state index in [9.17, 15) is 0 Å². The Morgan fingerprint density at radius 2 is 1.05 bits per heavy atom. The SMILES string of the molecule is C=CCC(CCCCCCCCC)(OCC)OCC.CCCCCCCCC(OC)C(OC)(OC)OC. The topological polar surface area (TPSA) is 55.4 Å². The molecule has 0 N–H and O–H groups in total. The molecule has 0 spiro atoms. The summed E-state index contributed by atoms with van der Waals surface area (Å²) >= 11 is 0. The van der Waals surface area contributed by atoms with Crippen LogP contribution < -0.4 is 0 Å². The molecular formula is C31H64O6. The minimum Gasteiger partial charge on any atom is -0.373 e. The molecule has 0 amide bonds. The lowest BCUT2D eigenvalue weighted by Crippen LogP contribution is -2.48. The normalized spacial score (nSPS) is 12.8. The quantitative estimate of drug-likeness (QED) is 0.0630. The van der Waals surface area contributed by atoms with Gasteiger partial charge in [0.15, 0.2) is 5.79 Å². The second kappa shape index (κ2) is 27.1. The molecule has 0 aliphatic rings. The lowest BCUT2D eigenvalue weighted by Gasteiger charge is -2.35. The molecule has 0 bridgehead atoms. The minimum atomic E-state index is -1.09. The fourth-order valence-electron chi connectivity index (χ4n) is 4.70. The molecule has 0 fully saturated rings. The molecule has 0 radical (unpaired) electrons. The molecular weight excluding hydrogens is 468 g/mol. The predicted octanol–water partition coefficient (Wildman–Crippen LogP) is 8.82. The predicted molar refractivity (Wildman–Crippen MR) is 156 cm³/mol. The Labute approximate surface area is 231 Å². The van der Waals surface area contributed by atoms with Crippen molar-refractivity contribution >= 4 is 0 Å². The summed E-state index contributed by atoms with van der Waals surface area (Å²) < 4.78 is 33.1. The molecule has 224 valence electrons. The van der Waals surface area contributed by atoms with Crippen LogP contribution in [0.15, 0.2) is 12.7 Å². The van der Waals surface area contributed by atoms with Crippen LogP contribution in [-0.2, 0) is 28.4 Å². The van der Waals surface area contributed by atoms with Gasteiger partial charge in [-0.3, -0.25) is 0 Å². The van der Waals surface area contributed by atoms with Crippen LogP contribution in [0.25, 0.3) is 0 Å². The molecule has 0 aromatic heterocycles. The van der Waals surface area contributed by atoms with E-state index in [-0.39, 0.29) is 6.10 Å². The van der Waals surface area contributed by atoms with Gasteiger partial charge in [-0.05, 0) is 26.7 Å². The van der Waals surface area contributed by atoms with Crippen molar-refractivity contribution in [2.45, 2.75) is 148 Å². The maximum atomic E-state index is 5.86. The molecule has 1 unspecified atom stereocenters. The number of hydrogen-bond acceptors (Lipinski definition) is 6. The Balaban J connectivity index is 0. The Hall–Kier alpha value is -0.500. The van der Waals surface area contributed by atoms with Crippen LogP contribution in [0, 0.1) is 0 Å². The first kappa shape index (κ1) is 38.6. The van der Waals surface area contributed by atoms with Gasteiger partial charge in [-0.1, -0.05) is 97.0 Å². The highest BCUT2D eigenvalue weighted by atomic mass is 16.9. The number of rotatable bonds is 26. The first-order chi connectivity index (χ1) is 17.9. The van der Waals surface area contributed by atoms with Crippen molar-refractivity contribution in [2.24, 2.45) is 0 Å². The Kier molecular flexibility index (Phi) is 28.3. The number of unbranched alkanes of at least 4 members (excludes halogenated alkanes) is 11. The molecule has 0 aromatic carbocycles. The molecule has 0 aliphatic heterocycles. The van der Waals surface area contributed by atoms with E-state index in [2.05, 4.69) is 20.4 Å². The number of methoxy groups -OCH3 is 4. The largest absolute Gasteiger partial charge is 0.373 e. The standard InChI is InChI=1S/C17H34O2.C14H30O4/c1-5-9-10-11-12-13-14-16-17(15-6-2,18-7-3)19-8-4;1-6-7-8-9-10-11-12-13(15-2)14(16-3,17-4)18-5/h6H,2,5,7-16H2,1,3-4H3;13H,6-12H2,1-5H3. The summed E-state index contributed by atoms with van der Waals surface area (Å²) in [5.74, 6) is -1.51. The van der Waals surface area contributed by atoms with Crippen molar-refractivity contribution in [1.82, 2.24) is 0 Å². The van der Waals surface area contributed by atoms with E-state index < -0.39 is 11.8 Å². The van der Waals surface area contributed by atoms with E-state index in [1.165, 1.54) is 77.0 Å². The fourth-order valence-corrected chi connectivity index (χ4v) is 4.70. The molecule has 0 rings (SSSR count). The zero-order chi connectivity index (χ0) is 28.3. The molecule has 1 atom stereocenters. The van der Waals surface area contributed by atoms with Crippen LogP contribution in [0.4, 0.5) is 0 Å².